The summed E-state index contributed by atoms with van der Waals surface area (Å²) in [6, 6.07) is 0. The van der Waals surface area contributed by atoms with Gasteiger partial charge in [0.05, 0.1) is 6.61 Å². The molecule has 0 N–H and O–H groups in total. The second-order valence-corrected chi connectivity index (χ2v) is 15.5. The summed E-state index contributed by atoms with van der Waals surface area (Å²) < 4.78 is 18.7. The maximum absolute atomic E-state index is 12.1. The minimum atomic E-state index is -0.926. The molecule has 50 heavy (non-hydrogen) atoms. The molecule has 0 radical (unpaired) electrons. The van der Waals surface area contributed by atoms with Gasteiger partial charge in [-0.1, -0.05) is 154 Å². The SMILES string of the molecule is CCCCCCCC/C=C\CCCCCCCCOCC(C)(OCCCCCCCC/C=C\CCCCCCCC)C(C)(OC(C)=O)N(C)C. The van der Waals surface area contributed by atoms with Crippen molar-refractivity contribution in [1.82, 2.24) is 4.90 Å². The average molecular weight is 706 g/mol. The molecule has 0 amide bonds. The van der Waals surface area contributed by atoms with Crippen molar-refractivity contribution in [2.75, 3.05) is 33.9 Å². The molecule has 0 heterocycles. The number of hydrogen-bond donors (Lipinski definition) is 0. The first kappa shape index (κ1) is 48.8. The Morgan fingerprint density at radius 1 is 0.520 bits per heavy atom. The second kappa shape index (κ2) is 34.9. The second-order valence-electron chi connectivity index (χ2n) is 15.5. The highest BCUT2D eigenvalue weighted by Gasteiger charge is 2.51. The van der Waals surface area contributed by atoms with E-state index in [0.29, 0.717) is 19.8 Å². The van der Waals surface area contributed by atoms with Crippen LogP contribution in [0.4, 0.5) is 0 Å². The Morgan fingerprint density at radius 3 is 1.22 bits per heavy atom. The summed E-state index contributed by atoms with van der Waals surface area (Å²) in [6.07, 6.45) is 45.8. The molecule has 296 valence electrons. The Balaban J connectivity index is 4.22. The summed E-state index contributed by atoms with van der Waals surface area (Å²) in [7, 11) is 3.89. The van der Waals surface area contributed by atoms with Crippen LogP contribution < -0.4 is 0 Å². The molecule has 2 unspecified atom stereocenters. The van der Waals surface area contributed by atoms with Gasteiger partial charge in [0.2, 0.25) is 0 Å². The van der Waals surface area contributed by atoms with Gasteiger partial charge in [0.1, 0.15) is 5.60 Å². The van der Waals surface area contributed by atoms with Crippen LogP contribution in [0.2, 0.25) is 0 Å². The first-order valence-electron chi connectivity index (χ1n) is 21.6. The van der Waals surface area contributed by atoms with Crippen LogP contribution in [0.3, 0.4) is 0 Å². The number of ether oxygens (including phenoxy) is 3. The smallest absolute Gasteiger partial charge is 0.304 e. The number of nitrogens with zero attached hydrogens (tertiary/aromatic N) is 1. The molecule has 0 fully saturated rings. The summed E-state index contributed by atoms with van der Waals surface area (Å²) in [5, 5.41) is 0. The topological polar surface area (TPSA) is 48.0 Å². The molecule has 0 rings (SSSR count). The summed E-state index contributed by atoms with van der Waals surface area (Å²) in [4.78, 5) is 14.1. The van der Waals surface area contributed by atoms with E-state index in [2.05, 4.69) is 38.2 Å². The fraction of sp³-hybridized carbons (Fsp3) is 0.889. The predicted octanol–water partition coefficient (Wildman–Crippen LogP) is 13.7. The number of allylic oxidation sites excluding steroid dienone is 4. The maximum atomic E-state index is 12.1. The number of hydrogen-bond acceptors (Lipinski definition) is 5. The fourth-order valence-electron chi connectivity index (χ4n) is 6.63. The number of rotatable bonds is 38. The van der Waals surface area contributed by atoms with Crippen molar-refractivity contribution in [1.29, 1.82) is 0 Å². The highest BCUT2D eigenvalue weighted by atomic mass is 16.6. The first-order chi connectivity index (χ1) is 24.2. The summed E-state index contributed by atoms with van der Waals surface area (Å²) in [5.74, 6) is -0.304. The molecule has 0 aliphatic carbocycles. The molecular weight excluding hydrogens is 618 g/mol. The van der Waals surface area contributed by atoms with Gasteiger partial charge in [0.15, 0.2) is 5.72 Å². The van der Waals surface area contributed by atoms with E-state index < -0.39 is 11.3 Å². The molecule has 0 aromatic rings. The number of unbranched alkanes of at least 4 members (excludes halogenated alkanes) is 24. The molecule has 0 saturated carbocycles. The Morgan fingerprint density at radius 2 is 0.860 bits per heavy atom. The van der Waals surface area contributed by atoms with Gasteiger partial charge in [-0.2, -0.15) is 0 Å². The lowest BCUT2D eigenvalue weighted by molar-refractivity contribution is -0.257. The van der Waals surface area contributed by atoms with Gasteiger partial charge in [-0.15, -0.1) is 0 Å². The third-order valence-corrected chi connectivity index (χ3v) is 10.4. The molecule has 0 bridgehead atoms. The van der Waals surface area contributed by atoms with E-state index in [1.807, 2.05) is 32.8 Å². The Hall–Kier alpha value is -1.17. The molecule has 2 atom stereocenters. The zero-order valence-electron chi connectivity index (χ0n) is 34.8. The van der Waals surface area contributed by atoms with Gasteiger partial charge in [-0.25, -0.2) is 0 Å². The van der Waals surface area contributed by atoms with Gasteiger partial charge in [0.25, 0.3) is 0 Å². The highest BCUT2D eigenvalue weighted by molar-refractivity contribution is 5.66. The van der Waals surface area contributed by atoms with Gasteiger partial charge in [0, 0.05) is 20.1 Å². The number of carbonyl (C=O) groups excluding carboxylic acids is 1. The molecule has 5 nitrogen and oxygen atoms in total. The molecule has 0 aliphatic rings. The van der Waals surface area contributed by atoms with Crippen LogP contribution in [0.5, 0.6) is 0 Å². The monoisotopic (exact) mass is 706 g/mol. The highest BCUT2D eigenvalue weighted by Crippen LogP contribution is 2.33. The lowest BCUT2D eigenvalue weighted by Gasteiger charge is -2.48. The van der Waals surface area contributed by atoms with Crippen molar-refractivity contribution in [3.05, 3.63) is 24.3 Å². The standard InChI is InChI=1S/C45H87NO4/c1-8-10-12-14-16-18-20-22-24-26-28-30-32-34-36-38-40-48-42-44(4,45(5,46(6)7)50-43(3)47)49-41-39-37-35-33-31-29-27-25-23-21-19-17-15-13-11-9-2/h22-25H,8-21,26-42H2,1-7H3/b24-22-,25-23-. The van der Waals surface area contributed by atoms with Crippen LogP contribution in [0.1, 0.15) is 214 Å². The van der Waals surface area contributed by atoms with Crippen molar-refractivity contribution >= 4 is 5.97 Å². The molecule has 0 aromatic carbocycles. The van der Waals surface area contributed by atoms with E-state index in [1.165, 1.54) is 167 Å². The van der Waals surface area contributed by atoms with E-state index in [-0.39, 0.29) is 5.97 Å². The average Bonchev–Trinajstić information content (AvgIpc) is 3.08. The van der Waals surface area contributed by atoms with E-state index in [9.17, 15) is 4.79 Å². The minimum Gasteiger partial charge on any atom is -0.441 e. The third-order valence-electron chi connectivity index (χ3n) is 10.4. The molecular formula is C45H87NO4. The van der Waals surface area contributed by atoms with Crippen LogP contribution in [0.15, 0.2) is 24.3 Å². The zero-order valence-corrected chi connectivity index (χ0v) is 34.8. The van der Waals surface area contributed by atoms with Gasteiger partial charge in [-0.3, -0.25) is 9.69 Å². The van der Waals surface area contributed by atoms with Gasteiger partial charge in [-0.05, 0) is 92.2 Å². The van der Waals surface area contributed by atoms with Gasteiger partial charge >= 0.3 is 5.97 Å². The van der Waals surface area contributed by atoms with E-state index >= 15 is 0 Å². The van der Waals surface area contributed by atoms with Crippen LogP contribution >= 0.6 is 0 Å². The lowest BCUT2D eigenvalue weighted by Crippen LogP contribution is -2.64. The third kappa shape index (κ3) is 27.5. The van der Waals surface area contributed by atoms with Crippen molar-refractivity contribution in [3.8, 4) is 0 Å². The zero-order chi connectivity index (χ0) is 37.0. The largest absolute Gasteiger partial charge is 0.441 e. The van der Waals surface area contributed by atoms with Crippen LogP contribution in [0, 0.1) is 0 Å². The Kier molecular flexibility index (Phi) is 34.1. The van der Waals surface area contributed by atoms with Crippen LogP contribution in [-0.4, -0.2) is 56.1 Å². The van der Waals surface area contributed by atoms with E-state index in [4.69, 9.17) is 14.2 Å². The molecule has 0 spiro atoms. The number of esters is 1. The minimum absolute atomic E-state index is 0.304. The predicted molar refractivity (Wildman–Crippen MR) is 218 cm³/mol. The summed E-state index contributed by atoms with van der Waals surface area (Å²) in [5.41, 5.74) is -1.70. The molecule has 5 heteroatoms. The van der Waals surface area contributed by atoms with E-state index in [1.54, 1.807) is 0 Å². The first-order valence-corrected chi connectivity index (χ1v) is 21.6. The number of likely N-dealkylation sites (N-methyl/N-ethyl adjacent to an activating group) is 1. The summed E-state index contributed by atoms with van der Waals surface area (Å²) in [6.45, 7) is 11.8. The quantitative estimate of drug-likeness (QED) is 0.0277. The van der Waals surface area contributed by atoms with Crippen LogP contribution in [-0.2, 0) is 19.0 Å². The van der Waals surface area contributed by atoms with E-state index in [0.717, 1.165) is 19.3 Å². The van der Waals surface area contributed by atoms with Gasteiger partial charge < -0.3 is 14.2 Å². The molecule has 0 saturated heterocycles. The molecule has 0 aromatic heterocycles. The van der Waals surface area contributed by atoms with Crippen molar-refractivity contribution in [3.63, 3.8) is 0 Å². The van der Waals surface area contributed by atoms with Crippen molar-refractivity contribution in [2.24, 2.45) is 0 Å². The molecule has 0 aliphatic heterocycles. The van der Waals surface area contributed by atoms with Crippen molar-refractivity contribution in [2.45, 2.75) is 226 Å². The normalized spacial score (nSPS) is 14.6. The number of carbonyl (C=O) groups is 1. The Labute approximate surface area is 313 Å². The fourth-order valence-corrected chi connectivity index (χ4v) is 6.63. The summed E-state index contributed by atoms with van der Waals surface area (Å²) >= 11 is 0. The van der Waals surface area contributed by atoms with Crippen LogP contribution in [0.25, 0.3) is 0 Å². The lowest BCUT2D eigenvalue weighted by atomic mass is 9.92. The van der Waals surface area contributed by atoms with Crippen molar-refractivity contribution < 1.29 is 19.0 Å². The maximum Gasteiger partial charge on any atom is 0.304 e. The Bertz CT molecular complexity index is 796.